The number of hydrogen-bond acceptors (Lipinski definition) is 3. The summed E-state index contributed by atoms with van der Waals surface area (Å²) in [4.78, 5) is 14.2. The molecule has 1 atom stereocenters. The minimum Gasteiger partial charge on any atom is -0.350 e. The number of urea groups is 1. The number of anilines is 1. The first-order valence-corrected chi connectivity index (χ1v) is 8.13. The highest BCUT2D eigenvalue weighted by atomic mass is 35.5. The molecule has 0 aliphatic carbocycles. The van der Waals surface area contributed by atoms with Gasteiger partial charge in [0.2, 0.25) is 0 Å². The molecule has 2 amide bonds. The number of likely N-dealkylation sites (tertiary alicyclic amines) is 1. The van der Waals surface area contributed by atoms with Crippen LogP contribution in [0.25, 0.3) is 0 Å². The van der Waals surface area contributed by atoms with E-state index in [4.69, 9.17) is 32.7 Å². The van der Waals surface area contributed by atoms with E-state index in [1.165, 1.54) is 0 Å². The number of hydrogen-bond donors (Lipinski definition) is 1. The third-order valence-corrected chi connectivity index (χ3v) is 4.51. The van der Waals surface area contributed by atoms with Gasteiger partial charge in [-0.3, -0.25) is 0 Å². The third kappa shape index (κ3) is 3.66. The number of ether oxygens (including phenoxy) is 2. The Morgan fingerprint density at radius 3 is 2.82 bits per heavy atom. The molecule has 2 heterocycles. The smallest absolute Gasteiger partial charge is 0.321 e. The Bertz CT molecular complexity index is 550. The van der Waals surface area contributed by atoms with Crippen LogP contribution in [0.5, 0.6) is 0 Å². The minimum atomic E-state index is -0.189. The van der Waals surface area contributed by atoms with Crippen LogP contribution in [0.2, 0.25) is 10.0 Å². The molecular formula is C15H18Cl2N2O3. The van der Waals surface area contributed by atoms with Crippen molar-refractivity contribution in [2.24, 2.45) is 5.92 Å². The molecule has 2 aliphatic rings. The van der Waals surface area contributed by atoms with E-state index in [0.717, 1.165) is 12.8 Å². The van der Waals surface area contributed by atoms with Crippen LogP contribution in [0.4, 0.5) is 10.5 Å². The topological polar surface area (TPSA) is 50.8 Å². The van der Waals surface area contributed by atoms with Gasteiger partial charge in [-0.1, -0.05) is 23.2 Å². The largest absolute Gasteiger partial charge is 0.350 e. The highest BCUT2D eigenvalue weighted by molar-refractivity contribution is 6.35. The lowest BCUT2D eigenvalue weighted by molar-refractivity contribution is -0.0959. The zero-order chi connectivity index (χ0) is 15.5. The van der Waals surface area contributed by atoms with Gasteiger partial charge in [-0.05, 0) is 31.0 Å². The van der Waals surface area contributed by atoms with Crippen LogP contribution in [0.1, 0.15) is 12.8 Å². The van der Waals surface area contributed by atoms with Gasteiger partial charge in [0.15, 0.2) is 6.29 Å². The van der Waals surface area contributed by atoms with Crippen LogP contribution >= 0.6 is 23.2 Å². The van der Waals surface area contributed by atoms with Crippen molar-refractivity contribution in [1.29, 1.82) is 0 Å². The molecule has 2 saturated heterocycles. The molecule has 120 valence electrons. The zero-order valence-electron chi connectivity index (χ0n) is 12.1. The van der Waals surface area contributed by atoms with Gasteiger partial charge < -0.3 is 19.7 Å². The van der Waals surface area contributed by atoms with E-state index >= 15 is 0 Å². The molecule has 0 radical (unpaired) electrons. The van der Waals surface area contributed by atoms with Gasteiger partial charge in [-0.25, -0.2) is 4.79 Å². The van der Waals surface area contributed by atoms with Crippen molar-refractivity contribution in [3.63, 3.8) is 0 Å². The summed E-state index contributed by atoms with van der Waals surface area (Å²) in [5, 5.41) is 3.82. The van der Waals surface area contributed by atoms with Crippen molar-refractivity contribution in [1.82, 2.24) is 4.90 Å². The standard InChI is InChI=1S/C15H18Cl2N2O3/c16-11-3-4-12(17)13(8-11)18-15(20)19-5-1-2-10(9-19)14-21-6-7-22-14/h3-4,8,10,14H,1-2,5-7,9H2,(H,18,20). The lowest BCUT2D eigenvalue weighted by atomic mass is 9.98. The summed E-state index contributed by atoms with van der Waals surface area (Å²) in [6.45, 7) is 2.60. The molecular weight excluding hydrogens is 327 g/mol. The molecule has 1 N–H and O–H groups in total. The van der Waals surface area contributed by atoms with Crippen molar-refractivity contribution >= 4 is 34.9 Å². The van der Waals surface area contributed by atoms with Gasteiger partial charge in [-0.2, -0.15) is 0 Å². The highest BCUT2D eigenvalue weighted by Gasteiger charge is 2.32. The number of nitrogens with zero attached hydrogens (tertiary/aromatic N) is 1. The van der Waals surface area contributed by atoms with Crippen LogP contribution < -0.4 is 5.32 Å². The van der Waals surface area contributed by atoms with Crippen molar-refractivity contribution in [3.8, 4) is 0 Å². The van der Waals surface area contributed by atoms with Gasteiger partial charge in [0, 0.05) is 24.0 Å². The number of halogens is 2. The van der Waals surface area contributed by atoms with Crippen LogP contribution in [0, 0.1) is 5.92 Å². The lowest BCUT2D eigenvalue weighted by Gasteiger charge is -2.34. The Hall–Kier alpha value is -1.01. The first kappa shape index (κ1) is 15.9. The van der Waals surface area contributed by atoms with Crippen molar-refractivity contribution in [3.05, 3.63) is 28.2 Å². The van der Waals surface area contributed by atoms with Gasteiger partial charge in [-0.15, -0.1) is 0 Å². The summed E-state index contributed by atoms with van der Waals surface area (Å²) in [7, 11) is 0. The SMILES string of the molecule is O=C(Nc1cc(Cl)ccc1Cl)N1CCCC(C2OCCO2)C1. The summed E-state index contributed by atoms with van der Waals surface area (Å²) in [5.74, 6) is 0.219. The summed E-state index contributed by atoms with van der Waals surface area (Å²) < 4.78 is 11.1. The fourth-order valence-corrected chi connectivity index (χ4v) is 3.19. The Labute approximate surface area is 139 Å². The monoisotopic (exact) mass is 344 g/mol. The number of amides is 2. The van der Waals surface area contributed by atoms with E-state index in [1.807, 2.05) is 0 Å². The second-order valence-electron chi connectivity index (χ2n) is 5.51. The highest BCUT2D eigenvalue weighted by Crippen LogP contribution is 2.28. The fourth-order valence-electron chi connectivity index (χ4n) is 2.85. The fraction of sp³-hybridized carbons (Fsp3) is 0.533. The Morgan fingerprint density at radius 2 is 2.05 bits per heavy atom. The molecule has 0 spiro atoms. The molecule has 2 aliphatic heterocycles. The van der Waals surface area contributed by atoms with E-state index in [1.54, 1.807) is 23.1 Å². The van der Waals surface area contributed by atoms with Crippen LogP contribution in [0.15, 0.2) is 18.2 Å². The number of benzene rings is 1. The maximum Gasteiger partial charge on any atom is 0.321 e. The molecule has 1 aromatic carbocycles. The summed E-state index contributed by atoms with van der Waals surface area (Å²) in [6, 6.07) is 4.82. The summed E-state index contributed by atoms with van der Waals surface area (Å²) in [6.07, 6.45) is 1.75. The number of piperidine rings is 1. The average molecular weight is 345 g/mol. The van der Waals surface area contributed by atoms with Crippen molar-refractivity contribution in [2.75, 3.05) is 31.6 Å². The number of nitrogens with one attached hydrogen (secondary N) is 1. The molecule has 3 rings (SSSR count). The van der Waals surface area contributed by atoms with Gasteiger partial charge >= 0.3 is 6.03 Å². The number of rotatable bonds is 2. The Morgan fingerprint density at radius 1 is 1.27 bits per heavy atom. The first-order chi connectivity index (χ1) is 10.6. The quantitative estimate of drug-likeness (QED) is 0.891. The molecule has 7 heteroatoms. The van der Waals surface area contributed by atoms with Crippen molar-refractivity contribution < 1.29 is 14.3 Å². The maximum absolute atomic E-state index is 12.4. The van der Waals surface area contributed by atoms with E-state index in [0.29, 0.717) is 42.0 Å². The molecule has 1 aromatic rings. The molecule has 2 fully saturated rings. The van der Waals surface area contributed by atoms with Crippen LogP contribution in [-0.2, 0) is 9.47 Å². The normalized spacial score (nSPS) is 22.8. The molecule has 22 heavy (non-hydrogen) atoms. The summed E-state index contributed by atoms with van der Waals surface area (Å²) in [5.41, 5.74) is 0.523. The first-order valence-electron chi connectivity index (χ1n) is 7.37. The average Bonchev–Trinajstić information content (AvgIpc) is 3.05. The van der Waals surface area contributed by atoms with Gasteiger partial charge in [0.05, 0.1) is 23.9 Å². The van der Waals surface area contributed by atoms with E-state index in [-0.39, 0.29) is 18.2 Å². The lowest BCUT2D eigenvalue weighted by Crippen LogP contribution is -2.45. The molecule has 5 nitrogen and oxygen atoms in total. The van der Waals surface area contributed by atoms with Crippen molar-refractivity contribution in [2.45, 2.75) is 19.1 Å². The number of carbonyl (C=O) groups excluding carboxylic acids is 1. The molecule has 0 bridgehead atoms. The van der Waals surface area contributed by atoms with E-state index in [9.17, 15) is 4.79 Å². The van der Waals surface area contributed by atoms with Gasteiger partial charge in [0.1, 0.15) is 0 Å². The predicted molar refractivity (Wildman–Crippen MR) is 85.5 cm³/mol. The zero-order valence-corrected chi connectivity index (χ0v) is 13.6. The third-order valence-electron chi connectivity index (χ3n) is 3.95. The predicted octanol–water partition coefficient (Wildman–Crippen LogP) is 3.61. The number of carbonyl (C=O) groups is 1. The van der Waals surface area contributed by atoms with Crippen LogP contribution in [-0.4, -0.2) is 43.5 Å². The maximum atomic E-state index is 12.4. The molecule has 0 aromatic heterocycles. The van der Waals surface area contributed by atoms with E-state index in [2.05, 4.69) is 5.32 Å². The minimum absolute atomic E-state index is 0.174. The molecule has 1 unspecified atom stereocenters. The van der Waals surface area contributed by atoms with Gasteiger partial charge in [0.25, 0.3) is 0 Å². The Balaban J connectivity index is 1.62. The second-order valence-corrected chi connectivity index (χ2v) is 6.36. The Kier molecular flexibility index (Phi) is 5.08. The van der Waals surface area contributed by atoms with Crippen LogP contribution in [0.3, 0.4) is 0 Å². The molecule has 0 saturated carbocycles. The second kappa shape index (κ2) is 7.04. The summed E-state index contributed by atoms with van der Waals surface area (Å²) >= 11 is 12.0. The van der Waals surface area contributed by atoms with E-state index < -0.39 is 0 Å².